The van der Waals surface area contributed by atoms with Crippen LogP contribution in [0.25, 0.3) is 0 Å². The SMILES string of the molecule is CCc1ccc(C(=O)N2CC[C@H](O)[C@@H](n3ccc(=O)[nH]c3=O)CC2)cc1. The number of aromatic nitrogens is 2. The lowest BCUT2D eigenvalue weighted by Gasteiger charge is -2.22. The number of rotatable bonds is 3. The summed E-state index contributed by atoms with van der Waals surface area (Å²) in [6.07, 6.45) is 2.36. The van der Waals surface area contributed by atoms with E-state index in [1.165, 1.54) is 22.4 Å². The Labute approximate surface area is 150 Å². The molecule has 2 aromatic rings. The summed E-state index contributed by atoms with van der Waals surface area (Å²) in [7, 11) is 0. The Bertz CT molecular complexity index is 885. The van der Waals surface area contributed by atoms with Crippen molar-refractivity contribution in [2.45, 2.75) is 38.3 Å². The van der Waals surface area contributed by atoms with Crippen LogP contribution in [-0.4, -0.2) is 44.7 Å². The number of aromatic amines is 1. The number of aryl methyl sites for hydroxylation is 1. The van der Waals surface area contributed by atoms with Crippen LogP contribution in [0.2, 0.25) is 0 Å². The Hall–Kier alpha value is -2.67. The monoisotopic (exact) mass is 357 g/mol. The van der Waals surface area contributed by atoms with E-state index in [1.807, 2.05) is 24.3 Å². The molecule has 7 heteroatoms. The number of aliphatic hydroxyl groups excluding tert-OH is 1. The first kappa shape index (κ1) is 18.1. The van der Waals surface area contributed by atoms with Crippen molar-refractivity contribution in [1.29, 1.82) is 0 Å². The van der Waals surface area contributed by atoms with Gasteiger partial charge < -0.3 is 10.0 Å². The van der Waals surface area contributed by atoms with E-state index < -0.39 is 23.4 Å². The second kappa shape index (κ2) is 7.70. The minimum atomic E-state index is -0.765. The Morgan fingerprint density at radius 2 is 1.85 bits per heavy atom. The van der Waals surface area contributed by atoms with E-state index in [2.05, 4.69) is 11.9 Å². The second-order valence-electron chi connectivity index (χ2n) is 6.57. The van der Waals surface area contributed by atoms with Gasteiger partial charge in [0.2, 0.25) is 0 Å². The molecule has 1 saturated heterocycles. The first-order valence-electron chi connectivity index (χ1n) is 8.87. The van der Waals surface area contributed by atoms with Gasteiger partial charge in [-0.1, -0.05) is 19.1 Å². The molecular formula is C19H23N3O4. The molecule has 7 nitrogen and oxygen atoms in total. The zero-order valence-electron chi connectivity index (χ0n) is 14.7. The van der Waals surface area contributed by atoms with Gasteiger partial charge in [0, 0.05) is 30.9 Å². The number of amides is 1. The number of carbonyl (C=O) groups is 1. The zero-order valence-corrected chi connectivity index (χ0v) is 14.7. The maximum Gasteiger partial charge on any atom is 0.328 e. The molecule has 1 aliphatic rings. The van der Waals surface area contributed by atoms with Gasteiger partial charge in [-0.15, -0.1) is 0 Å². The molecule has 0 spiro atoms. The van der Waals surface area contributed by atoms with Crippen molar-refractivity contribution < 1.29 is 9.90 Å². The molecule has 0 unspecified atom stereocenters. The average molecular weight is 357 g/mol. The van der Waals surface area contributed by atoms with Crippen LogP contribution in [0.15, 0.2) is 46.1 Å². The zero-order chi connectivity index (χ0) is 18.7. The van der Waals surface area contributed by atoms with Crippen LogP contribution >= 0.6 is 0 Å². The van der Waals surface area contributed by atoms with Crippen LogP contribution < -0.4 is 11.2 Å². The highest BCUT2D eigenvalue weighted by Gasteiger charge is 2.29. The van der Waals surface area contributed by atoms with Gasteiger partial charge in [-0.25, -0.2) is 4.79 Å². The highest BCUT2D eigenvalue weighted by molar-refractivity contribution is 5.94. The van der Waals surface area contributed by atoms with Crippen molar-refractivity contribution in [3.05, 3.63) is 68.5 Å². The van der Waals surface area contributed by atoms with Crippen LogP contribution in [0.3, 0.4) is 0 Å². The molecule has 138 valence electrons. The van der Waals surface area contributed by atoms with E-state index in [4.69, 9.17) is 0 Å². The number of aliphatic hydroxyl groups is 1. The standard InChI is InChI=1S/C19H23N3O4/c1-2-13-3-5-14(6-4-13)18(25)21-10-7-15(16(23)8-11-21)22-12-9-17(24)20-19(22)26/h3-6,9,12,15-16,23H,2,7-8,10-11H2,1H3,(H,20,24,26)/t15-,16-/m0/s1. The topological polar surface area (TPSA) is 95.4 Å². The van der Waals surface area contributed by atoms with Crippen molar-refractivity contribution in [2.24, 2.45) is 0 Å². The fourth-order valence-corrected chi connectivity index (χ4v) is 3.35. The normalized spacial score (nSPS) is 20.6. The Morgan fingerprint density at radius 1 is 1.15 bits per heavy atom. The van der Waals surface area contributed by atoms with E-state index in [0.29, 0.717) is 31.5 Å². The molecule has 3 rings (SSSR count). The lowest BCUT2D eigenvalue weighted by atomic mass is 10.1. The van der Waals surface area contributed by atoms with Crippen LogP contribution in [0.5, 0.6) is 0 Å². The van der Waals surface area contributed by atoms with Gasteiger partial charge in [0.05, 0.1) is 12.1 Å². The smallest absolute Gasteiger partial charge is 0.328 e. The third-order valence-electron chi connectivity index (χ3n) is 4.94. The van der Waals surface area contributed by atoms with Crippen LogP contribution in [0.4, 0.5) is 0 Å². The molecule has 2 heterocycles. The fourth-order valence-electron chi connectivity index (χ4n) is 3.35. The summed E-state index contributed by atoms with van der Waals surface area (Å²) < 4.78 is 1.34. The number of H-pyrrole nitrogens is 1. The molecule has 1 aliphatic heterocycles. The molecule has 0 aliphatic carbocycles. The first-order chi connectivity index (χ1) is 12.5. The second-order valence-corrected chi connectivity index (χ2v) is 6.57. The summed E-state index contributed by atoms with van der Waals surface area (Å²) in [5, 5.41) is 10.4. The van der Waals surface area contributed by atoms with Crippen LogP contribution in [-0.2, 0) is 6.42 Å². The summed E-state index contributed by atoms with van der Waals surface area (Å²) >= 11 is 0. The highest BCUT2D eigenvalue weighted by atomic mass is 16.3. The fraction of sp³-hybridized carbons (Fsp3) is 0.421. The lowest BCUT2D eigenvalue weighted by Crippen LogP contribution is -2.36. The third-order valence-corrected chi connectivity index (χ3v) is 4.94. The minimum absolute atomic E-state index is 0.0747. The summed E-state index contributed by atoms with van der Waals surface area (Å²) in [5.41, 5.74) is 0.778. The number of nitrogens with zero attached hydrogens (tertiary/aromatic N) is 2. The highest BCUT2D eigenvalue weighted by Crippen LogP contribution is 2.23. The van der Waals surface area contributed by atoms with Gasteiger partial charge in [-0.2, -0.15) is 0 Å². The number of nitrogens with one attached hydrogen (secondary N) is 1. The molecular weight excluding hydrogens is 334 g/mol. The summed E-state index contributed by atoms with van der Waals surface area (Å²) in [6.45, 7) is 2.91. The molecule has 0 bridgehead atoms. The number of benzene rings is 1. The summed E-state index contributed by atoms with van der Waals surface area (Å²) in [4.78, 5) is 39.9. The predicted octanol–water partition coefficient (Wildman–Crippen LogP) is 0.937. The summed E-state index contributed by atoms with van der Waals surface area (Å²) in [6, 6.07) is 8.33. The van der Waals surface area contributed by atoms with Gasteiger partial charge in [0.15, 0.2) is 0 Å². The van der Waals surface area contributed by atoms with E-state index in [1.54, 1.807) is 4.90 Å². The predicted molar refractivity (Wildman–Crippen MR) is 97.3 cm³/mol. The molecule has 2 atom stereocenters. The quantitative estimate of drug-likeness (QED) is 0.854. The summed E-state index contributed by atoms with van der Waals surface area (Å²) in [5.74, 6) is -0.0747. The van der Waals surface area contributed by atoms with Gasteiger partial charge in [0.25, 0.3) is 11.5 Å². The Morgan fingerprint density at radius 3 is 2.50 bits per heavy atom. The van der Waals surface area contributed by atoms with Crippen molar-refractivity contribution >= 4 is 5.91 Å². The Kier molecular flexibility index (Phi) is 5.37. The molecule has 26 heavy (non-hydrogen) atoms. The van der Waals surface area contributed by atoms with Gasteiger partial charge in [0.1, 0.15) is 0 Å². The molecule has 0 saturated carbocycles. The third kappa shape index (κ3) is 3.77. The van der Waals surface area contributed by atoms with E-state index in [0.717, 1.165) is 6.42 Å². The largest absolute Gasteiger partial charge is 0.391 e. The van der Waals surface area contributed by atoms with Crippen molar-refractivity contribution in [2.75, 3.05) is 13.1 Å². The van der Waals surface area contributed by atoms with Gasteiger partial charge >= 0.3 is 5.69 Å². The average Bonchev–Trinajstić information content (AvgIpc) is 2.83. The van der Waals surface area contributed by atoms with E-state index in [9.17, 15) is 19.5 Å². The van der Waals surface area contributed by atoms with Gasteiger partial charge in [-0.3, -0.25) is 19.1 Å². The number of hydrogen-bond donors (Lipinski definition) is 2. The molecule has 1 aromatic carbocycles. The van der Waals surface area contributed by atoms with E-state index in [-0.39, 0.29) is 5.91 Å². The first-order valence-corrected chi connectivity index (χ1v) is 8.87. The number of likely N-dealkylation sites (tertiary alicyclic amines) is 1. The Balaban J connectivity index is 1.76. The molecule has 2 N–H and O–H groups in total. The van der Waals surface area contributed by atoms with E-state index >= 15 is 0 Å². The minimum Gasteiger partial charge on any atom is -0.391 e. The molecule has 1 aromatic heterocycles. The van der Waals surface area contributed by atoms with Crippen LogP contribution in [0, 0.1) is 0 Å². The maximum atomic E-state index is 12.7. The molecule has 1 amide bonds. The van der Waals surface area contributed by atoms with Crippen molar-refractivity contribution in [1.82, 2.24) is 14.5 Å². The van der Waals surface area contributed by atoms with Crippen molar-refractivity contribution in [3.63, 3.8) is 0 Å². The number of hydrogen-bond acceptors (Lipinski definition) is 4. The molecule has 1 fully saturated rings. The molecule has 0 radical (unpaired) electrons. The number of carbonyl (C=O) groups excluding carboxylic acids is 1. The lowest BCUT2D eigenvalue weighted by molar-refractivity contribution is 0.0751. The maximum absolute atomic E-state index is 12.7. The van der Waals surface area contributed by atoms with Crippen molar-refractivity contribution in [3.8, 4) is 0 Å². The van der Waals surface area contributed by atoms with Gasteiger partial charge in [-0.05, 0) is 37.0 Å². The van der Waals surface area contributed by atoms with Crippen LogP contribution in [0.1, 0.15) is 41.7 Å².